The fraction of sp³-hybridized carbons (Fsp3) is 0.364. The number of hydrogen-bond acceptors (Lipinski definition) is 5. The first-order chi connectivity index (χ1) is 8.33. The fourth-order valence-electron chi connectivity index (χ4n) is 1.44. The molecule has 0 spiro atoms. The molecule has 0 radical (unpaired) electrons. The summed E-state index contributed by atoms with van der Waals surface area (Å²) >= 11 is 0. The van der Waals surface area contributed by atoms with E-state index >= 15 is 0 Å². The monoisotopic (exact) mass is 233 g/mol. The van der Waals surface area contributed by atoms with Gasteiger partial charge in [0.15, 0.2) is 5.75 Å². The van der Waals surface area contributed by atoms with Gasteiger partial charge in [-0.3, -0.25) is 9.67 Å². The van der Waals surface area contributed by atoms with E-state index in [0.29, 0.717) is 23.9 Å². The molecule has 2 rings (SSSR count). The molecule has 0 fully saturated rings. The molecule has 17 heavy (non-hydrogen) atoms. The molecule has 0 amide bonds. The zero-order valence-corrected chi connectivity index (χ0v) is 9.71. The molecule has 2 N–H and O–H groups in total. The second kappa shape index (κ2) is 5.40. The Morgan fingerprint density at radius 2 is 2.18 bits per heavy atom. The summed E-state index contributed by atoms with van der Waals surface area (Å²) in [6.07, 6.45) is 7.68. The van der Waals surface area contributed by atoms with Gasteiger partial charge in [-0.15, -0.1) is 0 Å². The first kappa shape index (κ1) is 11.5. The summed E-state index contributed by atoms with van der Waals surface area (Å²) in [5, 5.41) is 4.17. The van der Waals surface area contributed by atoms with Crippen LogP contribution < -0.4 is 10.5 Å². The molecule has 0 unspecified atom stereocenters. The highest BCUT2D eigenvalue weighted by molar-refractivity contribution is 5.24. The maximum atomic E-state index is 5.59. The summed E-state index contributed by atoms with van der Waals surface area (Å²) in [5.74, 6) is 1.08. The lowest BCUT2D eigenvalue weighted by Crippen LogP contribution is -2.03. The van der Waals surface area contributed by atoms with E-state index in [4.69, 9.17) is 10.5 Å². The van der Waals surface area contributed by atoms with Gasteiger partial charge in [0.1, 0.15) is 5.69 Å². The molecule has 0 bridgehead atoms. The van der Waals surface area contributed by atoms with E-state index < -0.39 is 0 Å². The highest BCUT2D eigenvalue weighted by Crippen LogP contribution is 2.20. The Balaban J connectivity index is 2.13. The lowest BCUT2D eigenvalue weighted by Gasteiger charge is -2.04. The molecule has 90 valence electrons. The number of rotatable bonds is 5. The fourth-order valence-corrected chi connectivity index (χ4v) is 1.44. The quantitative estimate of drug-likeness (QED) is 0.842. The van der Waals surface area contributed by atoms with Crippen LogP contribution in [-0.4, -0.2) is 19.7 Å². The minimum absolute atomic E-state index is 0.298. The van der Waals surface area contributed by atoms with Crippen LogP contribution in [0.1, 0.15) is 19.0 Å². The number of nitrogens with two attached hydrogens (primary N) is 1. The summed E-state index contributed by atoms with van der Waals surface area (Å²) in [6.45, 7) is 3.26. The van der Waals surface area contributed by atoms with Crippen molar-refractivity contribution in [2.45, 2.75) is 26.4 Å². The Hall–Kier alpha value is -1.95. The van der Waals surface area contributed by atoms with Gasteiger partial charge in [0, 0.05) is 25.5 Å². The van der Waals surface area contributed by atoms with Crippen molar-refractivity contribution in [3.8, 4) is 11.6 Å². The van der Waals surface area contributed by atoms with Crippen LogP contribution in [0.4, 0.5) is 0 Å². The van der Waals surface area contributed by atoms with Crippen LogP contribution in [0.25, 0.3) is 0 Å². The Labute approximate surface area is 99.4 Å². The van der Waals surface area contributed by atoms with E-state index in [1.165, 1.54) is 0 Å². The number of hydrogen-bond donors (Lipinski definition) is 1. The molecule has 2 heterocycles. The van der Waals surface area contributed by atoms with Crippen molar-refractivity contribution in [3.05, 3.63) is 30.5 Å². The molecule has 0 aliphatic carbocycles. The molecule has 0 saturated carbocycles. The van der Waals surface area contributed by atoms with Crippen molar-refractivity contribution >= 4 is 0 Å². The molecule has 6 nitrogen and oxygen atoms in total. The average molecular weight is 233 g/mol. The summed E-state index contributed by atoms with van der Waals surface area (Å²) in [7, 11) is 0. The van der Waals surface area contributed by atoms with Gasteiger partial charge in [-0.1, -0.05) is 6.92 Å². The maximum absolute atomic E-state index is 5.59. The normalized spacial score (nSPS) is 10.5. The lowest BCUT2D eigenvalue weighted by molar-refractivity contribution is 0.450. The SMILES string of the molecule is CCCn1cc(Oc2nccnc2CN)cn1. The van der Waals surface area contributed by atoms with Crippen molar-refractivity contribution in [1.82, 2.24) is 19.7 Å². The number of nitrogens with zero attached hydrogens (tertiary/aromatic N) is 4. The smallest absolute Gasteiger partial charge is 0.242 e. The van der Waals surface area contributed by atoms with Crippen molar-refractivity contribution in [1.29, 1.82) is 0 Å². The van der Waals surface area contributed by atoms with Crippen LogP contribution in [0, 0.1) is 0 Å². The Kier molecular flexibility index (Phi) is 3.66. The van der Waals surface area contributed by atoms with Gasteiger partial charge in [-0.05, 0) is 6.42 Å². The number of ether oxygens (including phenoxy) is 1. The van der Waals surface area contributed by atoms with E-state index in [2.05, 4.69) is 22.0 Å². The minimum atomic E-state index is 0.298. The third kappa shape index (κ3) is 2.79. The van der Waals surface area contributed by atoms with Crippen LogP contribution >= 0.6 is 0 Å². The Morgan fingerprint density at radius 1 is 1.35 bits per heavy atom. The van der Waals surface area contributed by atoms with E-state index in [1.54, 1.807) is 18.6 Å². The van der Waals surface area contributed by atoms with Crippen LogP contribution in [0.3, 0.4) is 0 Å². The largest absolute Gasteiger partial charge is 0.434 e. The number of aromatic nitrogens is 4. The summed E-state index contributed by atoms with van der Waals surface area (Å²) < 4.78 is 7.42. The maximum Gasteiger partial charge on any atom is 0.242 e. The first-order valence-electron chi connectivity index (χ1n) is 5.53. The Morgan fingerprint density at radius 3 is 2.94 bits per heavy atom. The highest BCUT2D eigenvalue weighted by atomic mass is 16.5. The predicted octanol–water partition coefficient (Wildman–Crippen LogP) is 1.33. The van der Waals surface area contributed by atoms with E-state index in [9.17, 15) is 0 Å². The second-order valence-corrected chi connectivity index (χ2v) is 3.55. The molecule has 0 atom stereocenters. The van der Waals surface area contributed by atoms with Crippen molar-refractivity contribution < 1.29 is 4.74 Å². The van der Waals surface area contributed by atoms with Crippen LogP contribution in [0.15, 0.2) is 24.8 Å². The minimum Gasteiger partial charge on any atom is -0.434 e. The van der Waals surface area contributed by atoms with Gasteiger partial charge in [0.25, 0.3) is 0 Å². The zero-order chi connectivity index (χ0) is 12.1. The second-order valence-electron chi connectivity index (χ2n) is 3.55. The molecule has 2 aromatic rings. The van der Waals surface area contributed by atoms with Gasteiger partial charge in [-0.25, -0.2) is 4.98 Å². The van der Waals surface area contributed by atoms with Gasteiger partial charge in [0.2, 0.25) is 5.88 Å². The molecule has 0 saturated heterocycles. The molecule has 0 aromatic carbocycles. The average Bonchev–Trinajstić information content (AvgIpc) is 2.78. The summed E-state index contributed by atoms with van der Waals surface area (Å²) in [4.78, 5) is 8.20. The van der Waals surface area contributed by atoms with Crippen molar-refractivity contribution in [2.24, 2.45) is 5.73 Å². The summed E-state index contributed by atoms with van der Waals surface area (Å²) in [6, 6.07) is 0. The molecule has 0 aliphatic heterocycles. The lowest BCUT2D eigenvalue weighted by atomic mass is 10.4. The van der Waals surface area contributed by atoms with Crippen LogP contribution in [-0.2, 0) is 13.1 Å². The number of aryl methyl sites for hydroxylation is 1. The van der Waals surface area contributed by atoms with E-state index in [0.717, 1.165) is 13.0 Å². The van der Waals surface area contributed by atoms with E-state index in [1.807, 2.05) is 10.9 Å². The molecular weight excluding hydrogens is 218 g/mol. The third-order valence-corrected chi connectivity index (χ3v) is 2.21. The van der Waals surface area contributed by atoms with Gasteiger partial charge in [-0.2, -0.15) is 5.10 Å². The summed E-state index contributed by atoms with van der Waals surface area (Å²) in [5.41, 5.74) is 6.19. The van der Waals surface area contributed by atoms with Crippen molar-refractivity contribution in [2.75, 3.05) is 0 Å². The first-order valence-corrected chi connectivity index (χ1v) is 5.53. The van der Waals surface area contributed by atoms with Gasteiger partial charge < -0.3 is 10.5 Å². The van der Waals surface area contributed by atoms with E-state index in [-0.39, 0.29) is 0 Å². The third-order valence-electron chi connectivity index (χ3n) is 2.21. The molecule has 2 aromatic heterocycles. The zero-order valence-electron chi connectivity index (χ0n) is 9.71. The molecular formula is C11H15N5O. The van der Waals surface area contributed by atoms with Crippen LogP contribution in [0.2, 0.25) is 0 Å². The Bertz CT molecular complexity index is 482. The molecule has 0 aliphatic rings. The predicted molar refractivity (Wildman–Crippen MR) is 62.5 cm³/mol. The highest BCUT2D eigenvalue weighted by Gasteiger charge is 2.07. The topological polar surface area (TPSA) is 78.8 Å². The van der Waals surface area contributed by atoms with Gasteiger partial charge >= 0.3 is 0 Å². The standard InChI is InChI=1S/C11H15N5O/c1-2-5-16-8-9(7-15-16)17-11-10(6-12)13-3-4-14-11/h3-4,7-8H,2,5-6,12H2,1H3. The molecule has 6 heteroatoms. The van der Waals surface area contributed by atoms with Crippen LogP contribution in [0.5, 0.6) is 11.6 Å². The van der Waals surface area contributed by atoms with Crippen molar-refractivity contribution in [3.63, 3.8) is 0 Å². The van der Waals surface area contributed by atoms with Gasteiger partial charge in [0.05, 0.1) is 12.4 Å².